The van der Waals surface area contributed by atoms with E-state index < -0.39 is 12.6 Å². The molecule has 0 amide bonds. The fourth-order valence-electron chi connectivity index (χ4n) is 2.15. The van der Waals surface area contributed by atoms with E-state index in [4.69, 9.17) is 9.84 Å². The molecule has 0 unspecified atom stereocenters. The molecule has 0 aliphatic carbocycles. The van der Waals surface area contributed by atoms with E-state index in [1.165, 1.54) is 17.5 Å². The molecule has 0 fully saturated rings. The second kappa shape index (κ2) is 7.06. The van der Waals surface area contributed by atoms with E-state index in [2.05, 4.69) is 4.98 Å². The lowest BCUT2D eigenvalue weighted by Crippen LogP contribution is -2.12. The molecule has 1 heterocycles. The van der Waals surface area contributed by atoms with E-state index in [1.54, 1.807) is 24.3 Å². The highest BCUT2D eigenvalue weighted by Crippen LogP contribution is 2.28. The summed E-state index contributed by atoms with van der Waals surface area (Å²) in [6.07, 6.45) is 1.53. The zero-order chi connectivity index (χ0) is 16.9. The number of carbonyl (C=O) groups excluding carboxylic acids is 1. The SMILES string of the molecule is O=C(O)COc1ccccc1C(=O)c1cnc(-c2ccccc2)s1. The van der Waals surface area contributed by atoms with Crippen LogP contribution in [0.2, 0.25) is 0 Å². The summed E-state index contributed by atoms with van der Waals surface area (Å²) in [5.74, 6) is -1.09. The summed E-state index contributed by atoms with van der Waals surface area (Å²) in [4.78, 5) is 28.1. The maximum Gasteiger partial charge on any atom is 0.341 e. The topological polar surface area (TPSA) is 76.5 Å². The van der Waals surface area contributed by atoms with Crippen molar-refractivity contribution in [2.75, 3.05) is 6.61 Å². The minimum absolute atomic E-state index is 0.240. The van der Waals surface area contributed by atoms with Gasteiger partial charge in [-0.25, -0.2) is 9.78 Å². The van der Waals surface area contributed by atoms with Crippen molar-refractivity contribution in [2.24, 2.45) is 0 Å². The molecule has 0 bridgehead atoms. The largest absolute Gasteiger partial charge is 0.481 e. The Bertz CT molecular complexity index is 873. The van der Waals surface area contributed by atoms with Crippen LogP contribution in [0.5, 0.6) is 5.75 Å². The smallest absolute Gasteiger partial charge is 0.341 e. The molecule has 3 aromatic rings. The molecule has 0 atom stereocenters. The van der Waals surface area contributed by atoms with Gasteiger partial charge in [-0.15, -0.1) is 11.3 Å². The highest BCUT2D eigenvalue weighted by molar-refractivity contribution is 7.17. The minimum Gasteiger partial charge on any atom is -0.481 e. The number of nitrogens with zero attached hydrogens (tertiary/aromatic N) is 1. The molecule has 3 rings (SSSR count). The number of aromatic nitrogens is 1. The van der Waals surface area contributed by atoms with Gasteiger partial charge in [-0.1, -0.05) is 42.5 Å². The lowest BCUT2D eigenvalue weighted by atomic mass is 10.1. The Labute approximate surface area is 142 Å². The van der Waals surface area contributed by atoms with Gasteiger partial charge in [0.2, 0.25) is 5.78 Å². The van der Waals surface area contributed by atoms with Gasteiger partial charge in [0.1, 0.15) is 10.8 Å². The fraction of sp³-hybridized carbons (Fsp3) is 0.0556. The Balaban J connectivity index is 1.88. The number of carboxylic acid groups (broad SMARTS) is 1. The van der Waals surface area contributed by atoms with Crippen molar-refractivity contribution in [1.29, 1.82) is 0 Å². The van der Waals surface area contributed by atoms with Crippen LogP contribution in [0.25, 0.3) is 10.6 Å². The minimum atomic E-state index is -1.10. The van der Waals surface area contributed by atoms with Gasteiger partial charge < -0.3 is 9.84 Å². The number of hydrogen-bond acceptors (Lipinski definition) is 5. The molecule has 6 heteroatoms. The maximum atomic E-state index is 12.7. The van der Waals surface area contributed by atoms with Crippen molar-refractivity contribution in [3.8, 4) is 16.3 Å². The molecule has 0 radical (unpaired) electrons. The zero-order valence-electron chi connectivity index (χ0n) is 12.5. The second-order valence-electron chi connectivity index (χ2n) is 4.90. The molecule has 1 aromatic heterocycles. The number of carboxylic acids is 1. The van der Waals surface area contributed by atoms with Crippen LogP contribution >= 0.6 is 11.3 Å². The van der Waals surface area contributed by atoms with Gasteiger partial charge in [0.15, 0.2) is 6.61 Å². The molecule has 24 heavy (non-hydrogen) atoms. The monoisotopic (exact) mass is 339 g/mol. The summed E-state index contributed by atoms with van der Waals surface area (Å²) in [6, 6.07) is 16.2. The van der Waals surface area contributed by atoms with Crippen LogP contribution in [0, 0.1) is 0 Å². The van der Waals surface area contributed by atoms with Gasteiger partial charge in [0.05, 0.1) is 10.4 Å². The number of carbonyl (C=O) groups is 2. The third-order valence-electron chi connectivity index (χ3n) is 3.23. The van der Waals surface area contributed by atoms with Crippen molar-refractivity contribution in [2.45, 2.75) is 0 Å². The first kappa shape index (κ1) is 15.9. The Morgan fingerprint density at radius 2 is 1.75 bits per heavy atom. The summed E-state index contributed by atoms with van der Waals surface area (Å²) in [6.45, 7) is -0.498. The summed E-state index contributed by atoms with van der Waals surface area (Å²) >= 11 is 1.29. The van der Waals surface area contributed by atoms with E-state index in [1.807, 2.05) is 30.3 Å². The predicted octanol–water partition coefficient (Wildman–Crippen LogP) is 3.50. The number of rotatable bonds is 6. The lowest BCUT2D eigenvalue weighted by Gasteiger charge is -2.07. The first-order valence-corrected chi connectivity index (χ1v) is 7.96. The average Bonchev–Trinajstić information content (AvgIpc) is 3.10. The van der Waals surface area contributed by atoms with Crippen LogP contribution < -0.4 is 4.74 Å². The Morgan fingerprint density at radius 3 is 2.50 bits per heavy atom. The molecule has 0 saturated heterocycles. The van der Waals surface area contributed by atoms with Crippen molar-refractivity contribution in [3.63, 3.8) is 0 Å². The highest BCUT2D eigenvalue weighted by atomic mass is 32.1. The molecule has 0 spiro atoms. The van der Waals surface area contributed by atoms with Gasteiger partial charge in [-0.2, -0.15) is 0 Å². The quantitative estimate of drug-likeness (QED) is 0.696. The van der Waals surface area contributed by atoms with E-state index in [9.17, 15) is 9.59 Å². The van der Waals surface area contributed by atoms with Gasteiger partial charge in [0, 0.05) is 11.8 Å². The normalized spacial score (nSPS) is 10.3. The Kier molecular flexibility index (Phi) is 4.67. The molecule has 120 valence electrons. The molecule has 0 saturated carbocycles. The number of aliphatic carboxylic acids is 1. The molecular weight excluding hydrogens is 326 g/mol. The van der Waals surface area contributed by atoms with Crippen LogP contribution in [-0.4, -0.2) is 28.4 Å². The van der Waals surface area contributed by atoms with Crippen LogP contribution in [0.3, 0.4) is 0 Å². The summed E-state index contributed by atoms with van der Waals surface area (Å²) in [5.41, 5.74) is 1.26. The van der Waals surface area contributed by atoms with Gasteiger partial charge in [0.25, 0.3) is 0 Å². The standard InChI is InChI=1S/C18H13NO4S/c20-16(21)11-23-14-9-5-4-8-13(14)17(22)15-10-19-18(24-15)12-6-2-1-3-7-12/h1-10H,11H2,(H,20,21). The summed E-state index contributed by atoms with van der Waals surface area (Å²) in [5, 5.41) is 9.49. The van der Waals surface area contributed by atoms with E-state index in [0.717, 1.165) is 10.6 Å². The lowest BCUT2D eigenvalue weighted by molar-refractivity contribution is -0.139. The van der Waals surface area contributed by atoms with Crippen molar-refractivity contribution in [3.05, 3.63) is 71.2 Å². The third kappa shape index (κ3) is 3.49. The van der Waals surface area contributed by atoms with E-state index >= 15 is 0 Å². The number of benzene rings is 2. The van der Waals surface area contributed by atoms with Crippen LogP contribution in [0.15, 0.2) is 60.8 Å². The van der Waals surface area contributed by atoms with Gasteiger partial charge >= 0.3 is 5.97 Å². The molecule has 2 aromatic carbocycles. The third-order valence-corrected chi connectivity index (χ3v) is 4.28. The second-order valence-corrected chi connectivity index (χ2v) is 5.93. The zero-order valence-corrected chi connectivity index (χ0v) is 13.3. The number of ether oxygens (including phenoxy) is 1. The molecular formula is C18H13NO4S. The fourth-order valence-corrected chi connectivity index (χ4v) is 3.02. The first-order chi connectivity index (χ1) is 11.6. The Hall–Kier alpha value is -2.99. The van der Waals surface area contributed by atoms with Crippen molar-refractivity contribution in [1.82, 2.24) is 4.98 Å². The summed E-state index contributed by atoms with van der Waals surface area (Å²) < 4.78 is 5.20. The van der Waals surface area contributed by atoms with Crippen LogP contribution in [0.4, 0.5) is 0 Å². The number of para-hydroxylation sites is 1. The highest BCUT2D eigenvalue weighted by Gasteiger charge is 2.18. The molecule has 5 nitrogen and oxygen atoms in total. The van der Waals surface area contributed by atoms with Crippen LogP contribution in [0.1, 0.15) is 15.2 Å². The van der Waals surface area contributed by atoms with Crippen molar-refractivity contribution >= 4 is 23.1 Å². The number of ketones is 1. The van der Waals surface area contributed by atoms with E-state index in [0.29, 0.717) is 10.4 Å². The summed E-state index contributed by atoms with van der Waals surface area (Å²) in [7, 11) is 0. The Morgan fingerprint density at radius 1 is 1.04 bits per heavy atom. The van der Waals surface area contributed by atoms with Gasteiger partial charge in [-0.05, 0) is 12.1 Å². The molecule has 0 aliphatic heterocycles. The van der Waals surface area contributed by atoms with E-state index in [-0.39, 0.29) is 11.5 Å². The first-order valence-electron chi connectivity index (χ1n) is 7.14. The molecule has 0 aliphatic rings. The predicted molar refractivity (Wildman–Crippen MR) is 90.6 cm³/mol. The van der Waals surface area contributed by atoms with Crippen molar-refractivity contribution < 1.29 is 19.4 Å². The number of hydrogen-bond donors (Lipinski definition) is 1. The molecule has 1 N–H and O–H groups in total. The number of thiazole rings is 1. The maximum absolute atomic E-state index is 12.7. The average molecular weight is 339 g/mol. The van der Waals surface area contributed by atoms with Gasteiger partial charge in [-0.3, -0.25) is 4.79 Å². The van der Waals surface area contributed by atoms with Crippen LogP contribution in [-0.2, 0) is 4.79 Å².